The maximum atomic E-state index is 13.3. The van der Waals surface area contributed by atoms with Gasteiger partial charge in [0.25, 0.3) is 5.91 Å². The molecule has 0 radical (unpaired) electrons. The average Bonchev–Trinajstić information content (AvgIpc) is 3.10. The number of rotatable bonds is 1. The highest BCUT2D eigenvalue weighted by atomic mass is 35.5. The Morgan fingerprint density at radius 3 is 2.79 bits per heavy atom. The van der Waals surface area contributed by atoms with Crippen LogP contribution in [0.2, 0.25) is 5.02 Å². The number of amides is 1. The Balaban J connectivity index is 1.43. The van der Waals surface area contributed by atoms with E-state index in [1.165, 1.54) is 18.1 Å². The third kappa shape index (κ3) is 5.45. The van der Waals surface area contributed by atoms with Crippen molar-refractivity contribution in [1.82, 2.24) is 4.72 Å². The number of aliphatic hydroxyl groups is 1. The van der Waals surface area contributed by atoms with Crippen molar-refractivity contribution in [3.8, 4) is 5.75 Å². The van der Waals surface area contributed by atoms with Crippen LogP contribution < -0.4 is 14.4 Å². The average molecular weight is 615 g/mol. The summed E-state index contributed by atoms with van der Waals surface area (Å²) in [6.07, 6.45) is 7.62. The Labute approximate surface area is 253 Å². The molecule has 2 aliphatic carbocycles. The van der Waals surface area contributed by atoms with Crippen molar-refractivity contribution < 1.29 is 27.8 Å². The van der Waals surface area contributed by atoms with Gasteiger partial charge in [-0.05, 0) is 98.7 Å². The van der Waals surface area contributed by atoms with Crippen LogP contribution >= 0.6 is 11.6 Å². The SMILES string of the molecule is CO[C@H]1/C=C\C[C@@H](O)[C@@H](C)S(=O)(=O)NC(=O)c2ccc3c(c2)N(C[C@@H]2CC[C@H]21)C[C@@]1(CCCc2cc(Cl)ccc21)CO3. The molecular formula is C32H39ClN2O6S. The van der Waals surface area contributed by atoms with Crippen molar-refractivity contribution in [3.63, 3.8) is 0 Å². The Morgan fingerprint density at radius 1 is 1.19 bits per heavy atom. The molecule has 2 aliphatic heterocycles. The van der Waals surface area contributed by atoms with Gasteiger partial charge in [-0.1, -0.05) is 29.8 Å². The Bertz CT molecular complexity index is 1500. The van der Waals surface area contributed by atoms with E-state index in [2.05, 4.69) is 21.8 Å². The molecule has 0 saturated heterocycles. The van der Waals surface area contributed by atoms with Gasteiger partial charge >= 0.3 is 0 Å². The fraction of sp³-hybridized carbons (Fsp3) is 0.531. The van der Waals surface area contributed by atoms with E-state index in [-0.39, 0.29) is 29.4 Å². The number of anilines is 1. The Morgan fingerprint density at radius 2 is 2.02 bits per heavy atom. The van der Waals surface area contributed by atoms with Crippen molar-refractivity contribution in [2.75, 3.05) is 31.7 Å². The maximum Gasteiger partial charge on any atom is 0.264 e. The molecule has 0 aromatic heterocycles. The van der Waals surface area contributed by atoms with Crippen molar-refractivity contribution in [3.05, 3.63) is 70.3 Å². The minimum absolute atomic E-state index is 0.141. The monoisotopic (exact) mass is 614 g/mol. The van der Waals surface area contributed by atoms with Crippen LogP contribution in [0.1, 0.15) is 60.5 Å². The molecular weight excluding hydrogens is 576 g/mol. The van der Waals surface area contributed by atoms with Gasteiger partial charge in [0.2, 0.25) is 10.0 Å². The molecule has 2 N–H and O–H groups in total. The van der Waals surface area contributed by atoms with Crippen molar-refractivity contribution in [2.24, 2.45) is 11.8 Å². The quantitative estimate of drug-likeness (QED) is 0.452. The van der Waals surface area contributed by atoms with Crippen LogP contribution in [0.3, 0.4) is 0 Å². The van der Waals surface area contributed by atoms with Crippen molar-refractivity contribution in [2.45, 2.75) is 68.3 Å². The van der Waals surface area contributed by atoms with Crippen LogP contribution in [0.15, 0.2) is 48.6 Å². The first-order chi connectivity index (χ1) is 20.1. The molecule has 1 amide bonds. The van der Waals surface area contributed by atoms with Gasteiger partial charge in [-0.15, -0.1) is 0 Å². The summed E-state index contributed by atoms with van der Waals surface area (Å²) in [4.78, 5) is 15.6. The van der Waals surface area contributed by atoms with Crippen LogP contribution in [0.5, 0.6) is 5.75 Å². The molecule has 10 heteroatoms. The second-order valence-electron chi connectivity index (χ2n) is 12.4. The molecule has 2 aromatic carbocycles. The standard InChI is InChI=1S/C32H39ClN2O6S/c1-20-28(36)6-3-7-29(40-2)25-11-8-23(25)17-35-18-32(14-4-5-21-15-24(33)10-12-26(21)32)19-41-30-13-9-22(16-27(30)35)31(37)34-42(20,38)39/h3,7,9-10,12-13,15-16,20,23,25,28-29,36H,4-6,8,11,14,17-19H2,1-2H3,(H,34,37)/b7-3-/t20-,23+,25-,28-,29+,32+/m1/s1. The lowest BCUT2D eigenvalue weighted by atomic mass is 9.68. The lowest BCUT2D eigenvalue weighted by Gasteiger charge is -2.46. The number of halogens is 1. The number of methoxy groups -OCH3 is 1. The highest BCUT2D eigenvalue weighted by molar-refractivity contribution is 7.90. The van der Waals surface area contributed by atoms with Crippen LogP contribution in [0.4, 0.5) is 5.69 Å². The summed E-state index contributed by atoms with van der Waals surface area (Å²) in [5.41, 5.74) is 3.28. The molecule has 42 heavy (non-hydrogen) atoms. The lowest BCUT2D eigenvalue weighted by Crippen LogP contribution is -2.49. The third-order valence-corrected chi connectivity index (χ3v) is 11.9. The largest absolute Gasteiger partial charge is 0.490 e. The number of sulfonamides is 1. The van der Waals surface area contributed by atoms with Gasteiger partial charge < -0.3 is 19.5 Å². The fourth-order valence-electron chi connectivity index (χ4n) is 7.22. The maximum absolute atomic E-state index is 13.3. The van der Waals surface area contributed by atoms with Crippen molar-refractivity contribution in [1.29, 1.82) is 0 Å². The third-order valence-electron chi connectivity index (χ3n) is 9.89. The minimum Gasteiger partial charge on any atom is -0.490 e. The number of aliphatic hydroxyl groups excluding tert-OH is 1. The first-order valence-corrected chi connectivity index (χ1v) is 16.8. The van der Waals surface area contributed by atoms with Gasteiger partial charge in [0.05, 0.1) is 24.5 Å². The second kappa shape index (κ2) is 11.5. The summed E-state index contributed by atoms with van der Waals surface area (Å²) < 4.78 is 40.7. The molecule has 4 aliphatic rings. The van der Waals surface area contributed by atoms with E-state index in [0.717, 1.165) is 49.4 Å². The van der Waals surface area contributed by atoms with Crippen LogP contribution in [0.25, 0.3) is 0 Å². The number of carbonyl (C=O) groups excluding carboxylic acids is 1. The lowest BCUT2D eigenvalue weighted by molar-refractivity contribution is 0.0130. The molecule has 2 bridgehead atoms. The molecule has 1 saturated carbocycles. The highest BCUT2D eigenvalue weighted by Crippen LogP contribution is 2.47. The molecule has 6 rings (SSSR count). The number of ether oxygens (including phenoxy) is 2. The van der Waals surface area contributed by atoms with E-state index in [1.54, 1.807) is 31.4 Å². The van der Waals surface area contributed by atoms with Gasteiger partial charge in [0, 0.05) is 36.2 Å². The summed E-state index contributed by atoms with van der Waals surface area (Å²) in [5, 5.41) is 10.2. The molecule has 2 aromatic rings. The van der Waals surface area contributed by atoms with E-state index >= 15 is 0 Å². The molecule has 226 valence electrons. The zero-order chi connectivity index (χ0) is 29.6. The molecule has 1 spiro atoms. The van der Waals surface area contributed by atoms with Gasteiger partial charge in [0.15, 0.2) is 0 Å². The minimum atomic E-state index is -4.13. The number of hydrogen-bond donors (Lipinski definition) is 2. The summed E-state index contributed by atoms with van der Waals surface area (Å²) in [5.74, 6) is 0.587. The first-order valence-electron chi connectivity index (χ1n) is 14.8. The summed E-state index contributed by atoms with van der Waals surface area (Å²) >= 11 is 6.39. The number of aryl methyl sites for hydroxylation is 1. The number of fused-ring (bicyclic) bond motifs is 4. The molecule has 1 fully saturated rings. The molecule has 8 nitrogen and oxygen atoms in total. The van der Waals surface area contributed by atoms with E-state index in [4.69, 9.17) is 21.1 Å². The Kier molecular flexibility index (Phi) is 8.06. The highest BCUT2D eigenvalue weighted by Gasteiger charge is 2.44. The number of hydrogen-bond acceptors (Lipinski definition) is 7. The normalized spacial score (nSPS) is 33.3. The topological polar surface area (TPSA) is 105 Å². The predicted octanol–water partition coefficient (Wildman–Crippen LogP) is 4.62. The summed E-state index contributed by atoms with van der Waals surface area (Å²) in [7, 11) is -2.44. The van der Waals surface area contributed by atoms with E-state index in [0.29, 0.717) is 24.8 Å². The predicted molar refractivity (Wildman–Crippen MR) is 163 cm³/mol. The van der Waals surface area contributed by atoms with Crippen LogP contribution in [-0.4, -0.2) is 63.7 Å². The smallest absolute Gasteiger partial charge is 0.264 e. The van der Waals surface area contributed by atoms with Crippen LogP contribution in [-0.2, 0) is 26.6 Å². The summed E-state index contributed by atoms with van der Waals surface area (Å²) in [6, 6.07) is 11.3. The van der Waals surface area contributed by atoms with Gasteiger partial charge in [-0.25, -0.2) is 13.1 Å². The van der Waals surface area contributed by atoms with Crippen molar-refractivity contribution >= 4 is 33.2 Å². The van der Waals surface area contributed by atoms with E-state index in [1.807, 2.05) is 12.1 Å². The molecule has 2 heterocycles. The van der Waals surface area contributed by atoms with E-state index < -0.39 is 27.3 Å². The zero-order valence-corrected chi connectivity index (χ0v) is 25.7. The van der Waals surface area contributed by atoms with Crippen LogP contribution in [0, 0.1) is 11.8 Å². The van der Waals surface area contributed by atoms with E-state index in [9.17, 15) is 18.3 Å². The second-order valence-corrected chi connectivity index (χ2v) is 14.9. The molecule has 6 atom stereocenters. The zero-order valence-electron chi connectivity index (χ0n) is 24.1. The van der Waals surface area contributed by atoms with Gasteiger partial charge in [0.1, 0.15) is 11.0 Å². The van der Waals surface area contributed by atoms with Gasteiger partial charge in [-0.2, -0.15) is 0 Å². The number of carbonyl (C=O) groups is 1. The first kappa shape index (κ1) is 29.5. The van der Waals surface area contributed by atoms with Gasteiger partial charge in [-0.3, -0.25) is 4.79 Å². The number of nitrogens with one attached hydrogen (secondary N) is 1. The Hall–Kier alpha value is -2.59. The summed E-state index contributed by atoms with van der Waals surface area (Å²) in [6.45, 7) is 3.37. The molecule has 0 unspecified atom stereocenters. The number of nitrogens with zero attached hydrogens (tertiary/aromatic N) is 1. The number of benzene rings is 2. The fourth-order valence-corrected chi connectivity index (χ4v) is 8.50.